The molecule has 26 heavy (non-hydrogen) atoms. The molecular weight excluding hydrogens is 316 g/mol. The Morgan fingerprint density at radius 1 is 0.423 bits per heavy atom. The summed E-state index contributed by atoms with van der Waals surface area (Å²) in [5, 5.41) is 0. The number of hydrogen-bond acceptors (Lipinski definition) is 2. The van der Waals surface area contributed by atoms with Crippen LogP contribution in [0.3, 0.4) is 0 Å². The third kappa shape index (κ3) is 30.2. The zero-order chi connectivity index (χ0) is 22.0. The smallest absolute Gasteiger partial charge is 0.0372 e. The summed E-state index contributed by atoms with van der Waals surface area (Å²) in [6, 6.07) is 8.13. The molecule has 2 nitrogen and oxygen atoms in total. The molecule has 0 spiro atoms. The predicted octanol–water partition coefficient (Wildman–Crippen LogP) is 8.53. The topological polar surface area (TPSA) is 25.8 Å². The van der Waals surface area contributed by atoms with Gasteiger partial charge in [0.1, 0.15) is 0 Å². The van der Waals surface area contributed by atoms with Gasteiger partial charge in [-0.25, -0.2) is 0 Å². The van der Waals surface area contributed by atoms with Crippen molar-refractivity contribution in [3.8, 4) is 0 Å². The molecule has 0 aromatic carbocycles. The lowest BCUT2D eigenvalue weighted by atomic mass is 10.3. The van der Waals surface area contributed by atoms with Crippen LogP contribution in [0.4, 0.5) is 0 Å². The van der Waals surface area contributed by atoms with Crippen LogP contribution >= 0.6 is 0 Å². The fourth-order valence-corrected chi connectivity index (χ4v) is 1.08. The first-order valence-electron chi connectivity index (χ1n) is 10.4. The van der Waals surface area contributed by atoms with Gasteiger partial charge in [0.15, 0.2) is 0 Å². The molecule has 0 unspecified atom stereocenters. The summed E-state index contributed by atoms with van der Waals surface area (Å²) in [5.41, 5.74) is 4.59. The van der Waals surface area contributed by atoms with Crippen LogP contribution in [0.1, 0.15) is 91.8 Å². The summed E-state index contributed by atoms with van der Waals surface area (Å²) in [4.78, 5) is 8.16. The molecule has 0 saturated heterocycles. The molecule has 0 bridgehead atoms. The fraction of sp³-hybridized carbons (Fsp3) is 0.583. The van der Waals surface area contributed by atoms with Gasteiger partial charge in [-0.05, 0) is 51.0 Å². The minimum absolute atomic E-state index is 1.08. The van der Waals surface area contributed by atoms with Crippen molar-refractivity contribution < 1.29 is 0 Å². The average Bonchev–Trinajstić information content (AvgIpc) is 2.74. The van der Waals surface area contributed by atoms with Gasteiger partial charge in [0.05, 0.1) is 0 Å². The number of nitrogens with zero attached hydrogens (tertiary/aromatic N) is 2. The zero-order valence-corrected chi connectivity index (χ0v) is 20.4. The van der Waals surface area contributed by atoms with Crippen molar-refractivity contribution in [3.63, 3.8) is 0 Å². The Morgan fingerprint density at radius 3 is 0.769 bits per heavy atom. The highest BCUT2D eigenvalue weighted by Crippen LogP contribution is 1.95. The Hall–Kier alpha value is -1.70. The second kappa shape index (κ2) is 34.6. The highest BCUT2D eigenvalue weighted by Gasteiger charge is 1.81. The number of rotatable bonds is 0. The second-order valence-corrected chi connectivity index (χ2v) is 3.95. The zero-order valence-electron chi connectivity index (χ0n) is 20.4. The molecule has 0 aliphatic rings. The van der Waals surface area contributed by atoms with Crippen LogP contribution in [0.2, 0.25) is 0 Å². The van der Waals surface area contributed by atoms with Gasteiger partial charge in [0, 0.05) is 23.8 Å². The molecule has 2 heteroatoms. The third-order valence-electron chi connectivity index (χ3n) is 2.12. The molecular formula is C24H48N2. The van der Waals surface area contributed by atoms with Crippen LogP contribution in [0.15, 0.2) is 36.7 Å². The molecule has 0 N–H and O–H groups in total. The predicted molar refractivity (Wildman–Crippen MR) is 124 cm³/mol. The lowest BCUT2D eigenvalue weighted by Crippen LogP contribution is -1.78. The van der Waals surface area contributed by atoms with E-state index in [0.717, 1.165) is 11.4 Å². The van der Waals surface area contributed by atoms with Crippen molar-refractivity contribution in [2.75, 3.05) is 0 Å². The Labute approximate surface area is 166 Å². The van der Waals surface area contributed by atoms with Crippen molar-refractivity contribution in [3.05, 3.63) is 59.2 Å². The number of pyridine rings is 2. The summed E-state index contributed by atoms with van der Waals surface area (Å²) < 4.78 is 0. The molecule has 0 atom stereocenters. The van der Waals surface area contributed by atoms with E-state index in [2.05, 4.69) is 22.1 Å². The van der Waals surface area contributed by atoms with Crippen LogP contribution < -0.4 is 0 Å². The minimum atomic E-state index is 1.08. The Kier molecular flexibility index (Phi) is 47.1. The summed E-state index contributed by atoms with van der Waals surface area (Å²) >= 11 is 0. The SMILES string of the molecule is CC.CC.CC.CC.CC.Cc1ccc(C)nc1.Cc1ccc(C)nc1. The summed E-state index contributed by atoms with van der Waals surface area (Å²) in [7, 11) is 0. The monoisotopic (exact) mass is 364 g/mol. The maximum atomic E-state index is 4.08. The van der Waals surface area contributed by atoms with E-state index in [1.807, 2.05) is 121 Å². The van der Waals surface area contributed by atoms with Gasteiger partial charge in [-0.15, -0.1) is 0 Å². The van der Waals surface area contributed by atoms with E-state index in [1.165, 1.54) is 11.1 Å². The lowest BCUT2D eigenvalue weighted by molar-refractivity contribution is 1.17. The van der Waals surface area contributed by atoms with E-state index >= 15 is 0 Å². The lowest BCUT2D eigenvalue weighted by Gasteiger charge is -1.89. The average molecular weight is 365 g/mol. The van der Waals surface area contributed by atoms with Gasteiger partial charge in [-0.2, -0.15) is 0 Å². The highest BCUT2D eigenvalue weighted by atomic mass is 14.7. The van der Waals surface area contributed by atoms with E-state index in [4.69, 9.17) is 0 Å². The Morgan fingerprint density at radius 2 is 0.654 bits per heavy atom. The van der Waals surface area contributed by atoms with Crippen LogP contribution in [-0.2, 0) is 0 Å². The van der Waals surface area contributed by atoms with Crippen molar-refractivity contribution >= 4 is 0 Å². The van der Waals surface area contributed by atoms with Gasteiger partial charge in [0.25, 0.3) is 0 Å². The van der Waals surface area contributed by atoms with E-state index in [-0.39, 0.29) is 0 Å². The van der Waals surface area contributed by atoms with Crippen molar-refractivity contribution in [1.29, 1.82) is 0 Å². The van der Waals surface area contributed by atoms with E-state index < -0.39 is 0 Å². The molecule has 0 amide bonds. The molecule has 2 rings (SSSR count). The van der Waals surface area contributed by atoms with E-state index in [0.29, 0.717) is 0 Å². The number of hydrogen-bond donors (Lipinski definition) is 0. The van der Waals surface area contributed by atoms with Crippen molar-refractivity contribution in [2.24, 2.45) is 0 Å². The second-order valence-electron chi connectivity index (χ2n) is 3.95. The number of aromatic nitrogens is 2. The fourth-order valence-electron chi connectivity index (χ4n) is 1.08. The molecule has 0 aliphatic carbocycles. The van der Waals surface area contributed by atoms with Crippen LogP contribution in [0, 0.1) is 27.7 Å². The molecule has 0 aliphatic heterocycles. The van der Waals surface area contributed by atoms with Gasteiger partial charge >= 0.3 is 0 Å². The minimum Gasteiger partial charge on any atom is -0.261 e. The molecule has 2 heterocycles. The highest BCUT2D eigenvalue weighted by molar-refractivity contribution is 5.11. The normalized spacial score (nSPS) is 6.85. The van der Waals surface area contributed by atoms with Crippen LogP contribution in [0.25, 0.3) is 0 Å². The molecule has 2 aromatic heterocycles. The summed E-state index contributed by atoms with van der Waals surface area (Å²) in [6.07, 6.45) is 3.74. The Balaban J connectivity index is -0.0000000768. The largest absolute Gasteiger partial charge is 0.261 e. The first-order valence-corrected chi connectivity index (χ1v) is 10.4. The van der Waals surface area contributed by atoms with Gasteiger partial charge in [-0.1, -0.05) is 81.4 Å². The molecule has 0 fully saturated rings. The number of aryl methyl sites for hydroxylation is 4. The molecule has 2 aromatic rings. The first-order chi connectivity index (χ1) is 12.6. The molecule has 0 saturated carbocycles. The quantitative estimate of drug-likeness (QED) is 0.468. The Bertz CT molecular complexity index is 331. The van der Waals surface area contributed by atoms with Crippen LogP contribution in [0.5, 0.6) is 0 Å². The van der Waals surface area contributed by atoms with Crippen LogP contribution in [-0.4, -0.2) is 9.97 Å². The molecule has 154 valence electrons. The van der Waals surface area contributed by atoms with E-state index in [1.54, 1.807) is 0 Å². The van der Waals surface area contributed by atoms with E-state index in [9.17, 15) is 0 Å². The summed E-state index contributed by atoms with van der Waals surface area (Å²) in [5.74, 6) is 0. The van der Waals surface area contributed by atoms with Gasteiger partial charge in [-0.3, -0.25) is 9.97 Å². The van der Waals surface area contributed by atoms with Gasteiger partial charge < -0.3 is 0 Å². The van der Waals surface area contributed by atoms with Crippen molar-refractivity contribution in [1.82, 2.24) is 9.97 Å². The maximum Gasteiger partial charge on any atom is 0.0372 e. The maximum absolute atomic E-state index is 4.08. The first kappa shape index (κ1) is 35.4. The molecule has 0 radical (unpaired) electrons. The summed E-state index contributed by atoms with van der Waals surface area (Å²) in [6.45, 7) is 28.0. The third-order valence-corrected chi connectivity index (χ3v) is 2.12. The van der Waals surface area contributed by atoms with Gasteiger partial charge in [0.2, 0.25) is 0 Å². The van der Waals surface area contributed by atoms with Crippen molar-refractivity contribution in [2.45, 2.75) is 96.9 Å². The standard InChI is InChI=1S/2C7H9N.5C2H6/c2*1-6-3-4-7(2)8-5-6;5*1-2/h2*3-5H,1-2H3;5*1-2H3.